The van der Waals surface area contributed by atoms with E-state index in [9.17, 15) is 9.18 Å². The highest BCUT2D eigenvalue weighted by Gasteiger charge is 2.18. The smallest absolute Gasteiger partial charge is 0.276 e. The molecule has 1 fully saturated rings. The molecule has 0 saturated carbocycles. The number of hydrogen-bond donors (Lipinski definition) is 2. The fraction of sp³-hybridized carbons (Fsp3) is 0.278. The Balaban J connectivity index is 0.00000210. The van der Waals surface area contributed by atoms with Crippen molar-refractivity contribution in [3.8, 4) is 5.69 Å². The van der Waals surface area contributed by atoms with Gasteiger partial charge in [0.15, 0.2) is 5.69 Å². The first kappa shape index (κ1) is 19.1. The van der Waals surface area contributed by atoms with E-state index in [2.05, 4.69) is 20.8 Å². The molecular formula is C18H20ClFN6O. The summed E-state index contributed by atoms with van der Waals surface area (Å²) in [5, 5.41) is 14.6. The van der Waals surface area contributed by atoms with E-state index < -0.39 is 0 Å². The molecule has 3 heterocycles. The third-order valence-corrected chi connectivity index (χ3v) is 4.43. The van der Waals surface area contributed by atoms with E-state index >= 15 is 0 Å². The molecule has 1 aliphatic rings. The summed E-state index contributed by atoms with van der Waals surface area (Å²) >= 11 is 0. The summed E-state index contributed by atoms with van der Waals surface area (Å²) in [6.07, 6.45) is 7.02. The summed E-state index contributed by atoms with van der Waals surface area (Å²) < 4.78 is 17.0. The lowest BCUT2D eigenvalue weighted by atomic mass is 10.1. The summed E-state index contributed by atoms with van der Waals surface area (Å²) in [4.78, 5) is 12.4. The standard InChI is InChI=1S/C18H19FN6O.ClH/c19-15-5-1-2-6-17(15)25-12-13(10-21-25)22-18(26)16-7-9-24(23-16)14-4-3-8-20-11-14;/h1-2,5-7,9-10,12,14,20H,3-4,8,11H2,(H,22,26);1H. The van der Waals surface area contributed by atoms with Crippen molar-refractivity contribution in [2.45, 2.75) is 18.9 Å². The van der Waals surface area contributed by atoms with Crippen LogP contribution in [0.1, 0.15) is 29.4 Å². The van der Waals surface area contributed by atoms with Crippen LogP contribution < -0.4 is 10.6 Å². The van der Waals surface area contributed by atoms with Gasteiger partial charge in [-0.25, -0.2) is 9.07 Å². The van der Waals surface area contributed by atoms with Gasteiger partial charge < -0.3 is 10.6 Å². The highest BCUT2D eigenvalue weighted by Crippen LogP contribution is 2.17. The van der Waals surface area contributed by atoms with Crippen molar-refractivity contribution < 1.29 is 9.18 Å². The third kappa shape index (κ3) is 4.17. The lowest BCUT2D eigenvalue weighted by molar-refractivity contribution is 0.102. The molecule has 9 heteroatoms. The van der Waals surface area contributed by atoms with E-state index in [1.54, 1.807) is 30.5 Å². The maximum absolute atomic E-state index is 13.8. The van der Waals surface area contributed by atoms with Gasteiger partial charge in [-0.3, -0.25) is 9.48 Å². The molecule has 27 heavy (non-hydrogen) atoms. The molecule has 3 aromatic rings. The van der Waals surface area contributed by atoms with Crippen LogP contribution in [0.4, 0.5) is 10.1 Å². The maximum atomic E-state index is 13.8. The van der Waals surface area contributed by atoms with Crippen LogP contribution in [0.2, 0.25) is 0 Å². The Bertz CT molecular complexity index is 918. The summed E-state index contributed by atoms with van der Waals surface area (Å²) in [5.74, 6) is -0.700. The Kier molecular flexibility index (Phi) is 5.88. The average molecular weight is 391 g/mol. The number of benzene rings is 1. The van der Waals surface area contributed by atoms with Crippen LogP contribution in [-0.2, 0) is 0 Å². The van der Waals surface area contributed by atoms with Gasteiger partial charge in [0, 0.05) is 12.7 Å². The van der Waals surface area contributed by atoms with Gasteiger partial charge in [0.2, 0.25) is 0 Å². The van der Waals surface area contributed by atoms with Gasteiger partial charge in [-0.1, -0.05) is 12.1 Å². The molecule has 1 amide bonds. The molecule has 1 atom stereocenters. The SMILES string of the molecule is Cl.O=C(Nc1cnn(-c2ccccc2F)c1)c1ccn(C2CCCNC2)n1. The Morgan fingerprint density at radius 1 is 1.30 bits per heavy atom. The number of carbonyl (C=O) groups excluding carboxylic acids is 1. The quantitative estimate of drug-likeness (QED) is 0.718. The number of nitrogens with one attached hydrogen (secondary N) is 2. The molecule has 0 bridgehead atoms. The van der Waals surface area contributed by atoms with Gasteiger partial charge in [-0.05, 0) is 37.6 Å². The zero-order valence-corrected chi connectivity index (χ0v) is 15.3. The lowest BCUT2D eigenvalue weighted by Crippen LogP contribution is -2.32. The molecule has 0 radical (unpaired) electrons. The first-order valence-electron chi connectivity index (χ1n) is 8.57. The van der Waals surface area contributed by atoms with Crippen LogP contribution in [0.25, 0.3) is 5.69 Å². The first-order valence-corrected chi connectivity index (χ1v) is 8.57. The second-order valence-corrected chi connectivity index (χ2v) is 6.26. The monoisotopic (exact) mass is 390 g/mol. The van der Waals surface area contributed by atoms with Gasteiger partial charge in [0.1, 0.15) is 11.5 Å². The number of aromatic nitrogens is 4. The molecule has 1 unspecified atom stereocenters. The first-order chi connectivity index (χ1) is 12.7. The second-order valence-electron chi connectivity index (χ2n) is 6.26. The van der Waals surface area contributed by atoms with Crippen LogP contribution in [0, 0.1) is 5.82 Å². The van der Waals surface area contributed by atoms with E-state index in [1.807, 2.05) is 10.9 Å². The van der Waals surface area contributed by atoms with Gasteiger partial charge in [-0.2, -0.15) is 10.2 Å². The van der Waals surface area contributed by atoms with Crippen molar-refractivity contribution in [2.75, 3.05) is 18.4 Å². The molecule has 1 aromatic carbocycles. The minimum Gasteiger partial charge on any atom is -0.318 e. The molecule has 142 valence electrons. The van der Waals surface area contributed by atoms with Crippen molar-refractivity contribution in [1.29, 1.82) is 0 Å². The Hall–Kier alpha value is -2.71. The van der Waals surface area contributed by atoms with E-state index in [-0.39, 0.29) is 30.2 Å². The van der Waals surface area contributed by atoms with Gasteiger partial charge in [0.25, 0.3) is 5.91 Å². The molecule has 2 aromatic heterocycles. The van der Waals surface area contributed by atoms with Crippen molar-refractivity contribution in [3.63, 3.8) is 0 Å². The van der Waals surface area contributed by atoms with Crippen molar-refractivity contribution in [3.05, 3.63) is 60.4 Å². The molecule has 0 aliphatic carbocycles. The summed E-state index contributed by atoms with van der Waals surface area (Å²) in [6.45, 7) is 1.88. The lowest BCUT2D eigenvalue weighted by Gasteiger charge is -2.22. The van der Waals surface area contributed by atoms with Gasteiger partial charge >= 0.3 is 0 Å². The molecule has 2 N–H and O–H groups in total. The van der Waals surface area contributed by atoms with Gasteiger partial charge in [-0.15, -0.1) is 12.4 Å². The van der Waals surface area contributed by atoms with Crippen molar-refractivity contribution in [1.82, 2.24) is 24.9 Å². The van der Waals surface area contributed by atoms with Crippen LogP contribution in [0.5, 0.6) is 0 Å². The minimum absolute atomic E-state index is 0. The predicted octanol–water partition coefficient (Wildman–Crippen LogP) is 2.81. The summed E-state index contributed by atoms with van der Waals surface area (Å²) in [7, 11) is 0. The number of piperidine rings is 1. The number of para-hydroxylation sites is 1. The van der Waals surface area contributed by atoms with E-state index in [0.29, 0.717) is 17.1 Å². The zero-order valence-electron chi connectivity index (χ0n) is 14.5. The Morgan fingerprint density at radius 2 is 2.15 bits per heavy atom. The predicted molar refractivity (Wildman–Crippen MR) is 102 cm³/mol. The fourth-order valence-corrected chi connectivity index (χ4v) is 3.07. The number of anilines is 1. The molecule has 1 saturated heterocycles. The van der Waals surface area contributed by atoms with Crippen LogP contribution in [-0.4, -0.2) is 38.6 Å². The Labute approximate surface area is 162 Å². The number of nitrogens with zero attached hydrogens (tertiary/aromatic N) is 4. The summed E-state index contributed by atoms with van der Waals surface area (Å²) in [6, 6.07) is 8.30. The minimum atomic E-state index is -0.381. The zero-order chi connectivity index (χ0) is 17.9. The summed E-state index contributed by atoms with van der Waals surface area (Å²) in [5.41, 5.74) is 1.14. The van der Waals surface area contributed by atoms with Crippen molar-refractivity contribution in [2.24, 2.45) is 0 Å². The average Bonchev–Trinajstić information content (AvgIpc) is 3.33. The van der Waals surface area contributed by atoms with Crippen molar-refractivity contribution >= 4 is 24.0 Å². The van der Waals surface area contributed by atoms with E-state index in [0.717, 1.165) is 25.9 Å². The number of amides is 1. The molecule has 4 rings (SSSR count). The molecule has 7 nitrogen and oxygen atoms in total. The van der Waals surface area contributed by atoms with Crippen LogP contribution in [0.3, 0.4) is 0 Å². The number of halogens is 2. The normalized spacial score (nSPS) is 16.6. The number of carbonyl (C=O) groups is 1. The largest absolute Gasteiger partial charge is 0.318 e. The van der Waals surface area contributed by atoms with E-state index in [1.165, 1.54) is 16.9 Å². The highest BCUT2D eigenvalue weighted by molar-refractivity contribution is 6.02. The molecular weight excluding hydrogens is 371 g/mol. The maximum Gasteiger partial charge on any atom is 0.276 e. The third-order valence-electron chi connectivity index (χ3n) is 4.43. The highest BCUT2D eigenvalue weighted by atomic mass is 35.5. The van der Waals surface area contributed by atoms with Crippen LogP contribution >= 0.6 is 12.4 Å². The number of hydrogen-bond acceptors (Lipinski definition) is 4. The van der Waals surface area contributed by atoms with Gasteiger partial charge in [0.05, 0.1) is 24.1 Å². The Morgan fingerprint density at radius 3 is 2.93 bits per heavy atom. The topological polar surface area (TPSA) is 76.8 Å². The number of rotatable bonds is 4. The van der Waals surface area contributed by atoms with E-state index in [4.69, 9.17) is 0 Å². The molecule has 1 aliphatic heterocycles. The second kappa shape index (κ2) is 8.32. The molecule has 0 spiro atoms. The fourth-order valence-electron chi connectivity index (χ4n) is 3.07. The van der Waals surface area contributed by atoms with Crippen LogP contribution in [0.15, 0.2) is 48.9 Å².